The molecule has 1 fully saturated rings. The Hall–Kier alpha value is -0.870. The summed E-state index contributed by atoms with van der Waals surface area (Å²) >= 11 is 1.71. The summed E-state index contributed by atoms with van der Waals surface area (Å²) in [6.45, 7) is 5.39. The summed E-state index contributed by atoms with van der Waals surface area (Å²) in [7, 11) is 0. The number of nitrogens with one attached hydrogen (secondary N) is 1. The molecule has 3 atom stereocenters. The molecule has 1 aromatic heterocycles. The topological polar surface area (TPSA) is 38.3 Å². The maximum atomic E-state index is 12.0. The summed E-state index contributed by atoms with van der Waals surface area (Å²) in [5.74, 6) is 0.361. The van der Waals surface area contributed by atoms with Gasteiger partial charge in [0.25, 0.3) is 0 Å². The van der Waals surface area contributed by atoms with Gasteiger partial charge in [0.2, 0.25) is 0 Å². The van der Waals surface area contributed by atoms with E-state index in [1.54, 1.807) is 11.3 Å². The summed E-state index contributed by atoms with van der Waals surface area (Å²) in [6, 6.07) is 2.45. The van der Waals surface area contributed by atoms with E-state index in [9.17, 15) is 4.79 Å². The van der Waals surface area contributed by atoms with E-state index in [0.29, 0.717) is 18.6 Å². The Morgan fingerprint density at radius 3 is 3.00 bits per heavy atom. The number of thiophene rings is 1. The third-order valence-corrected chi connectivity index (χ3v) is 4.43. The van der Waals surface area contributed by atoms with Crippen molar-refractivity contribution in [2.45, 2.75) is 32.7 Å². The highest BCUT2D eigenvalue weighted by molar-refractivity contribution is 7.07. The number of piperidine rings is 1. The van der Waals surface area contributed by atoms with Crippen LogP contribution in [0.2, 0.25) is 0 Å². The van der Waals surface area contributed by atoms with Crippen molar-refractivity contribution in [1.29, 1.82) is 0 Å². The maximum Gasteiger partial charge on any atom is 0.309 e. The summed E-state index contributed by atoms with van der Waals surface area (Å²) in [6.07, 6.45) is 1.88. The van der Waals surface area contributed by atoms with E-state index in [1.807, 2.05) is 6.92 Å². The van der Waals surface area contributed by atoms with Gasteiger partial charge in [0, 0.05) is 6.04 Å². The molecule has 1 aliphatic rings. The van der Waals surface area contributed by atoms with Crippen LogP contribution in [0.15, 0.2) is 16.8 Å². The molecule has 2 rings (SSSR count). The summed E-state index contributed by atoms with van der Waals surface area (Å²) < 4.78 is 5.22. The summed E-state index contributed by atoms with van der Waals surface area (Å²) in [4.78, 5) is 12.0. The van der Waals surface area contributed by atoms with Gasteiger partial charge in [0.15, 0.2) is 0 Å². The molecule has 0 aliphatic carbocycles. The van der Waals surface area contributed by atoms with E-state index < -0.39 is 0 Å². The number of hydrogen-bond donors (Lipinski definition) is 1. The molecule has 4 heteroatoms. The van der Waals surface area contributed by atoms with Crippen LogP contribution in [-0.4, -0.2) is 19.1 Å². The van der Waals surface area contributed by atoms with Crippen molar-refractivity contribution in [3.63, 3.8) is 0 Å². The van der Waals surface area contributed by atoms with Gasteiger partial charge in [-0.25, -0.2) is 0 Å². The van der Waals surface area contributed by atoms with Crippen LogP contribution < -0.4 is 5.32 Å². The number of carbonyl (C=O) groups is 1. The van der Waals surface area contributed by atoms with Crippen LogP contribution in [0.25, 0.3) is 0 Å². The van der Waals surface area contributed by atoms with Gasteiger partial charge in [-0.1, -0.05) is 13.3 Å². The van der Waals surface area contributed by atoms with Crippen molar-refractivity contribution in [3.8, 4) is 0 Å². The van der Waals surface area contributed by atoms with Crippen LogP contribution in [0.1, 0.15) is 38.3 Å². The molecule has 1 aliphatic heterocycles. The monoisotopic (exact) mass is 267 g/mol. The Kier molecular flexibility index (Phi) is 4.78. The van der Waals surface area contributed by atoms with E-state index in [1.165, 1.54) is 5.56 Å². The van der Waals surface area contributed by atoms with Gasteiger partial charge in [0.1, 0.15) is 0 Å². The quantitative estimate of drug-likeness (QED) is 0.852. The molecule has 1 aromatic rings. The number of carbonyl (C=O) groups excluding carboxylic acids is 1. The molecule has 0 amide bonds. The molecule has 0 radical (unpaired) electrons. The van der Waals surface area contributed by atoms with E-state index in [4.69, 9.17) is 4.74 Å². The van der Waals surface area contributed by atoms with Gasteiger partial charge >= 0.3 is 5.97 Å². The lowest BCUT2D eigenvalue weighted by molar-refractivity contribution is -0.151. The van der Waals surface area contributed by atoms with Gasteiger partial charge in [0.05, 0.1) is 12.5 Å². The first-order valence-electron chi connectivity index (χ1n) is 6.70. The molecule has 0 unspecified atom stereocenters. The second-order valence-electron chi connectivity index (χ2n) is 4.71. The molecule has 0 bridgehead atoms. The fourth-order valence-corrected chi connectivity index (χ4v) is 3.57. The minimum Gasteiger partial charge on any atom is -0.466 e. The second-order valence-corrected chi connectivity index (χ2v) is 5.49. The van der Waals surface area contributed by atoms with Crippen molar-refractivity contribution in [1.82, 2.24) is 5.32 Å². The van der Waals surface area contributed by atoms with Gasteiger partial charge in [-0.05, 0) is 48.2 Å². The molecule has 0 spiro atoms. The lowest BCUT2D eigenvalue weighted by Crippen LogP contribution is -2.43. The molecule has 2 heterocycles. The Morgan fingerprint density at radius 1 is 1.56 bits per heavy atom. The highest BCUT2D eigenvalue weighted by Crippen LogP contribution is 2.37. The van der Waals surface area contributed by atoms with Crippen LogP contribution in [0.3, 0.4) is 0 Å². The zero-order valence-electron chi connectivity index (χ0n) is 11.0. The fourth-order valence-electron chi connectivity index (χ4n) is 2.87. The first-order chi connectivity index (χ1) is 8.77. The molecule has 0 saturated carbocycles. The van der Waals surface area contributed by atoms with Gasteiger partial charge in [-0.15, -0.1) is 0 Å². The average molecular weight is 267 g/mol. The van der Waals surface area contributed by atoms with E-state index in [-0.39, 0.29) is 11.9 Å². The number of esters is 1. The molecule has 1 saturated heterocycles. The van der Waals surface area contributed by atoms with Crippen molar-refractivity contribution in [2.24, 2.45) is 11.8 Å². The molecular formula is C14H21NO2S. The third kappa shape index (κ3) is 2.75. The predicted molar refractivity (Wildman–Crippen MR) is 73.6 cm³/mol. The van der Waals surface area contributed by atoms with Crippen LogP contribution in [0, 0.1) is 11.8 Å². The number of hydrogen-bond acceptors (Lipinski definition) is 4. The molecule has 18 heavy (non-hydrogen) atoms. The Labute approximate surface area is 113 Å². The van der Waals surface area contributed by atoms with Crippen LogP contribution in [0.5, 0.6) is 0 Å². The zero-order chi connectivity index (χ0) is 13.0. The summed E-state index contributed by atoms with van der Waals surface area (Å²) in [5, 5.41) is 7.82. The number of ether oxygens (including phenoxy) is 1. The first-order valence-corrected chi connectivity index (χ1v) is 7.64. The average Bonchev–Trinajstić information content (AvgIpc) is 2.91. The Balaban J connectivity index is 2.15. The van der Waals surface area contributed by atoms with Crippen molar-refractivity contribution >= 4 is 17.3 Å². The fraction of sp³-hybridized carbons (Fsp3) is 0.643. The van der Waals surface area contributed by atoms with Crippen molar-refractivity contribution in [2.75, 3.05) is 13.2 Å². The second kappa shape index (κ2) is 6.34. The minimum absolute atomic E-state index is 0.0221. The lowest BCUT2D eigenvalue weighted by atomic mass is 9.77. The maximum absolute atomic E-state index is 12.0. The normalized spacial score (nSPS) is 28.0. The van der Waals surface area contributed by atoms with Crippen LogP contribution in [0.4, 0.5) is 0 Å². The van der Waals surface area contributed by atoms with Crippen molar-refractivity contribution in [3.05, 3.63) is 22.4 Å². The molecule has 3 nitrogen and oxygen atoms in total. The van der Waals surface area contributed by atoms with Gasteiger partial charge < -0.3 is 10.1 Å². The zero-order valence-corrected chi connectivity index (χ0v) is 11.8. The van der Waals surface area contributed by atoms with E-state index in [2.05, 4.69) is 29.1 Å². The van der Waals surface area contributed by atoms with Crippen LogP contribution in [-0.2, 0) is 9.53 Å². The SMILES string of the molecule is CCOC(=O)[C@@H]1CCN[C@H](c2ccsc2)[C@H]1CC. The molecule has 100 valence electrons. The third-order valence-electron chi connectivity index (χ3n) is 3.73. The molecular weight excluding hydrogens is 246 g/mol. The predicted octanol–water partition coefficient (Wildman–Crippen LogP) is 2.99. The van der Waals surface area contributed by atoms with E-state index in [0.717, 1.165) is 19.4 Å². The highest BCUT2D eigenvalue weighted by atomic mass is 32.1. The van der Waals surface area contributed by atoms with Crippen LogP contribution >= 0.6 is 11.3 Å². The summed E-state index contributed by atoms with van der Waals surface area (Å²) in [5.41, 5.74) is 1.31. The van der Waals surface area contributed by atoms with Gasteiger partial charge in [-0.2, -0.15) is 11.3 Å². The molecule has 1 N–H and O–H groups in total. The highest BCUT2D eigenvalue weighted by Gasteiger charge is 2.37. The van der Waals surface area contributed by atoms with Gasteiger partial charge in [-0.3, -0.25) is 4.79 Å². The minimum atomic E-state index is -0.0221. The number of rotatable bonds is 4. The first kappa shape index (κ1) is 13.6. The Morgan fingerprint density at radius 2 is 2.39 bits per heavy atom. The smallest absolute Gasteiger partial charge is 0.309 e. The van der Waals surface area contributed by atoms with E-state index >= 15 is 0 Å². The largest absolute Gasteiger partial charge is 0.466 e. The van der Waals surface area contributed by atoms with Crippen molar-refractivity contribution < 1.29 is 9.53 Å². The lowest BCUT2D eigenvalue weighted by Gasteiger charge is -2.37. The molecule has 0 aromatic carbocycles. The standard InChI is InChI=1S/C14H21NO2S/c1-3-11-12(14(16)17-4-2)5-7-15-13(11)10-6-8-18-9-10/h6,8-9,11-13,15H,3-5,7H2,1-2H3/t11-,12+,13+/m0/s1. The Bertz CT molecular complexity index is 377.